The summed E-state index contributed by atoms with van der Waals surface area (Å²) in [6, 6.07) is 6.29. The molecule has 114 valence electrons. The normalized spacial score (nSPS) is 16.6. The molecule has 0 bridgehead atoms. The number of benzene rings is 1. The molecule has 0 saturated carbocycles. The van der Waals surface area contributed by atoms with Gasteiger partial charge in [0.1, 0.15) is 0 Å². The summed E-state index contributed by atoms with van der Waals surface area (Å²) < 4.78 is 0. The van der Waals surface area contributed by atoms with Crippen molar-refractivity contribution < 1.29 is 9.59 Å². The summed E-state index contributed by atoms with van der Waals surface area (Å²) in [5.41, 5.74) is 2.48. The number of carbonyl (C=O) groups excluding carboxylic acids is 2. The molecule has 1 N–H and O–H groups in total. The van der Waals surface area contributed by atoms with Gasteiger partial charge in [-0.25, -0.2) is 4.79 Å². The van der Waals surface area contributed by atoms with E-state index in [1.165, 1.54) is 0 Å². The van der Waals surface area contributed by atoms with Crippen molar-refractivity contribution in [2.24, 2.45) is 10.9 Å². The molecule has 2 rings (SSSR count). The highest BCUT2D eigenvalue weighted by atomic mass is 35.5. The summed E-state index contributed by atoms with van der Waals surface area (Å²) in [7, 11) is 0. The van der Waals surface area contributed by atoms with E-state index >= 15 is 0 Å². The van der Waals surface area contributed by atoms with Gasteiger partial charge in [-0.3, -0.25) is 4.79 Å². The smallest absolute Gasteiger partial charge is 0.306 e. The third-order valence-electron chi connectivity index (χ3n) is 3.26. The van der Waals surface area contributed by atoms with Crippen molar-refractivity contribution in [3.05, 3.63) is 52.6 Å². The van der Waals surface area contributed by atoms with Gasteiger partial charge in [-0.1, -0.05) is 25.4 Å². The van der Waals surface area contributed by atoms with Crippen LogP contribution in [0.4, 0.5) is 10.5 Å². The fourth-order valence-corrected chi connectivity index (χ4v) is 2.17. The minimum Gasteiger partial charge on any atom is -0.306 e. The molecule has 22 heavy (non-hydrogen) atoms. The number of ketones is 1. The van der Waals surface area contributed by atoms with E-state index in [0.29, 0.717) is 22.0 Å². The molecule has 0 aliphatic heterocycles. The van der Waals surface area contributed by atoms with Crippen molar-refractivity contribution in [1.82, 2.24) is 0 Å². The number of hydrogen-bond acceptors (Lipinski definition) is 2. The van der Waals surface area contributed by atoms with E-state index in [-0.39, 0.29) is 11.7 Å². The predicted octanol–water partition coefficient (Wildman–Crippen LogP) is 4.42. The van der Waals surface area contributed by atoms with Crippen LogP contribution in [0.2, 0.25) is 5.02 Å². The molecule has 1 aliphatic carbocycles. The lowest BCUT2D eigenvalue weighted by Gasteiger charge is -2.16. The first kappa shape index (κ1) is 16.2. The zero-order chi connectivity index (χ0) is 16.3. The van der Waals surface area contributed by atoms with Crippen molar-refractivity contribution in [2.75, 3.05) is 5.32 Å². The van der Waals surface area contributed by atoms with Gasteiger partial charge in [-0.2, -0.15) is 4.99 Å². The third kappa shape index (κ3) is 3.92. The maximum Gasteiger partial charge on any atom is 0.345 e. The molecule has 4 nitrogen and oxygen atoms in total. The van der Waals surface area contributed by atoms with Crippen molar-refractivity contribution in [3.8, 4) is 0 Å². The van der Waals surface area contributed by atoms with Crippen LogP contribution in [0.15, 0.2) is 52.6 Å². The van der Waals surface area contributed by atoms with Crippen LogP contribution in [0.25, 0.3) is 0 Å². The van der Waals surface area contributed by atoms with Crippen LogP contribution in [-0.2, 0) is 4.79 Å². The molecule has 0 aromatic heterocycles. The summed E-state index contributed by atoms with van der Waals surface area (Å²) >= 11 is 5.80. The number of aliphatic imine (C=N–C) groups is 1. The average Bonchev–Trinajstić information content (AvgIpc) is 2.44. The van der Waals surface area contributed by atoms with Crippen molar-refractivity contribution in [3.63, 3.8) is 0 Å². The molecule has 1 aromatic carbocycles. The Hall–Kier alpha value is -2.20. The molecule has 0 atom stereocenters. The van der Waals surface area contributed by atoms with E-state index in [2.05, 4.69) is 10.3 Å². The number of amides is 2. The topological polar surface area (TPSA) is 58.5 Å². The first-order valence-electron chi connectivity index (χ1n) is 6.96. The Balaban J connectivity index is 2.22. The van der Waals surface area contributed by atoms with Crippen LogP contribution >= 0.6 is 11.6 Å². The lowest BCUT2D eigenvalue weighted by atomic mass is 9.90. The minimum atomic E-state index is -0.484. The number of carbonyl (C=O) groups is 2. The molecule has 0 fully saturated rings. The Labute approximate surface area is 134 Å². The number of allylic oxidation sites excluding steroid dienone is 4. The maximum atomic E-state index is 12.0. The van der Waals surface area contributed by atoms with Crippen LogP contribution < -0.4 is 5.32 Å². The first-order chi connectivity index (χ1) is 10.4. The van der Waals surface area contributed by atoms with Crippen LogP contribution in [0, 0.1) is 5.92 Å². The average molecular weight is 317 g/mol. The third-order valence-corrected chi connectivity index (χ3v) is 3.52. The van der Waals surface area contributed by atoms with Crippen LogP contribution in [0.3, 0.4) is 0 Å². The summed E-state index contributed by atoms with van der Waals surface area (Å²) in [6.07, 6.45) is 3.20. The lowest BCUT2D eigenvalue weighted by molar-refractivity contribution is -0.111. The van der Waals surface area contributed by atoms with Crippen LogP contribution in [0.1, 0.15) is 20.8 Å². The van der Waals surface area contributed by atoms with Gasteiger partial charge >= 0.3 is 6.03 Å². The van der Waals surface area contributed by atoms with Gasteiger partial charge in [-0.05, 0) is 60.4 Å². The molecule has 1 aliphatic rings. The van der Waals surface area contributed by atoms with E-state index in [1.807, 2.05) is 13.8 Å². The van der Waals surface area contributed by atoms with Crippen molar-refractivity contribution >= 4 is 34.8 Å². The van der Waals surface area contributed by atoms with E-state index in [4.69, 9.17) is 11.6 Å². The van der Waals surface area contributed by atoms with Crippen LogP contribution in [0.5, 0.6) is 0 Å². The zero-order valence-electron chi connectivity index (χ0n) is 12.7. The van der Waals surface area contributed by atoms with Gasteiger partial charge in [0.25, 0.3) is 0 Å². The SMILES string of the molecule is CC1=CC(=NC(=O)Nc2ccc(Cl)cc2)C(C(C)C)=CC1=O. The standard InChI is InChI=1S/C17H17ClN2O2/c1-10(2)14-9-16(21)11(3)8-15(14)20-17(22)19-13-6-4-12(18)5-7-13/h4-10H,1-3H3,(H,19,22). The first-order valence-corrected chi connectivity index (χ1v) is 7.34. The lowest BCUT2D eigenvalue weighted by Crippen LogP contribution is -2.18. The van der Waals surface area contributed by atoms with Gasteiger partial charge in [0, 0.05) is 10.7 Å². The Morgan fingerprint density at radius 3 is 2.41 bits per heavy atom. The second kappa shape index (κ2) is 6.71. The molecule has 2 amide bonds. The molecule has 0 saturated heterocycles. The molecule has 0 radical (unpaired) electrons. The summed E-state index contributed by atoms with van der Waals surface area (Å²) in [5, 5.41) is 3.27. The molecule has 0 unspecified atom stereocenters. The number of anilines is 1. The quantitative estimate of drug-likeness (QED) is 0.821. The fourth-order valence-electron chi connectivity index (χ4n) is 2.04. The highest BCUT2D eigenvalue weighted by molar-refractivity contribution is 6.30. The molecular weight excluding hydrogens is 300 g/mol. The minimum absolute atomic E-state index is 0.0410. The van der Waals surface area contributed by atoms with E-state index in [0.717, 1.165) is 5.57 Å². The number of urea groups is 1. The Kier molecular flexibility index (Phi) is 4.93. The highest BCUT2D eigenvalue weighted by Gasteiger charge is 2.19. The number of hydrogen-bond donors (Lipinski definition) is 1. The zero-order valence-corrected chi connectivity index (χ0v) is 13.4. The number of halogens is 1. The van der Waals surface area contributed by atoms with Gasteiger partial charge in [-0.15, -0.1) is 0 Å². The van der Waals surface area contributed by atoms with Gasteiger partial charge in [0.05, 0.1) is 5.71 Å². The maximum absolute atomic E-state index is 12.0. The largest absolute Gasteiger partial charge is 0.345 e. The molecule has 0 heterocycles. The van der Waals surface area contributed by atoms with Gasteiger partial charge in [0.15, 0.2) is 5.78 Å². The second-order valence-electron chi connectivity index (χ2n) is 5.38. The number of nitrogens with zero attached hydrogens (tertiary/aromatic N) is 1. The Bertz CT molecular complexity index is 698. The summed E-state index contributed by atoms with van der Waals surface area (Å²) in [6.45, 7) is 5.63. The highest BCUT2D eigenvalue weighted by Crippen LogP contribution is 2.20. The van der Waals surface area contributed by atoms with E-state index in [9.17, 15) is 9.59 Å². The Morgan fingerprint density at radius 1 is 1.18 bits per heavy atom. The predicted molar refractivity (Wildman–Crippen MR) is 89.6 cm³/mol. The van der Waals surface area contributed by atoms with E-state index < -0.39 is 6.03 Å². The summed E-state index contributed by atoms with van der Waals surface area (Å²) in [5.74, 6) is 0.0659. The van der Waals surface area contributed by atoms with E-state index in [1.54, 1.807) is 43.3 Å². The molecule has 5 heteroatoms. The molecular formula is C17H17ClN2O2. The Morgan fingerprint density at radius 2 is 1.82 bits per heavy atom. The molecule has 0 spiro atoms. The summed E-state index contributed by atoms with van der Waals surface area (Å²) in [4.78, 5) is 27.9. The van der Waals surface area contributed by atoms with Crippen LogP contribution in [-0.4, -0.2) is 17.5 Å². The van der Waals surface area contributed by atoms with Gasteiger partial charge < -0.3 is 5.32 Å². The monoisotopic (exact) mass is 316 g/mol. The fraction of sp³-hybridized carbons (Fsp3) is 0.235. The van der Waals surface area contributed by atoms with Crippen molar-refractivity contribution in [2.45, 2.75) is 20.8 Å². The number of nitrogens with one attached hydrogen (secondary N) is 1. The number of rotatable bonds is 2. The molecule has 1 aromatic rings. The van der Waals surface area contributed by atoms with Crippen molar-refractivity contribution in [1.29, 1.82) is 0 Å². The van der Waals surface area contributed by atoms with Gasteiger partial charge in [0.2, 0.25) is 0 Å². The second-order valence-corrected chi connectivity index (χ2v) is 5.82.